The molecule has 5 rings (SSSR count). The molecule has 198 valence electrons. The molecule has 5 aliphatic carbocycles. The molecule has 0 saturated heterocycles. The van der Waals surface area contributed by atoms with E-state index in [0.717, 1.165) is 44.9 Å². The van der Waals surface area contributed by atoms with E-state index in [-0.39, 0.29) is 56.9 Å². The Morgan fingerprint density at radius 3 is 2.25 bits per heavy atom. The van der Waals surface area contributed by atoms with Crippen molar-refractivity contribution in [3.05, 3.63) is 22.2 Å². The van der Waals surface area contributed by atoms with Crippen LogP contribution in [-0.4, -0.2) is 24.6 Å². The Morgan fingerprint density at radius 1 is 0.972 bits per heavy atom. The van der Waals surface area contributed by atoms with Crippen molar-refractivity contribution in [3.8, 4) is 0 Å². The van der Waals surface area contributed by atoms with E-state index in [9.17, 15) is 14.4 Å². The molecule has 0 aromatic carbocycles. The average Bonchev–Trinajstić information content (AvgIpc) is 2.78. The molecular formula is C31H43BrO4. The Hall–Kier alpha value is -1.23. The molecule has 0 spiro atoms. The minimum atomic E-state index is -0.560. The van der Waals surface area contributed by atoms with E-state index >= 15 is 0 Å². The van der Waals surface area contributed by atoms with Crippen LogP contribution >= 0.6 is 15.9 Å². The third kappa shape index (κ3) is 3.07. The zero-order chi connectivity index (χ0) is 26.7. The number of ether oxygens (including phenoxy) is 1. The first-order chi connectivity index (χ1) is 16.5. The topological polar surface area (TPSA) is 60.4 Å². The second-order valence-electron chi connectivity index (χ2n) is 14.7. The summed E-state index contributed by atoms with van der Waals surface area (Å²) in [6.07, 6.45) is 10.3. The molecule has 0 aromatic heterocycles. The van der Waals surface area contributed by atoms with Gasteiger partial charge in [0.2, 0.25) is 0 Å². The predicted octanol–water partition coefficient (Wildman–Crippen LogP) is 7.21. The number of halogens is 1. The van der Waals surface area contributed by atoms with Gasteiger partial charge < -0.3 is 4.74 Å². The molecular weight excluding hydrogens is 516 g/mol. The second-order valence-corrected chi connectivity index (χ2v) is 15.6. The molecule has 36 heavy (non-hydrogen) atoms. The standard InChI is InChI=1S/C31H43BrO4/c1-26(2)11-13-31(25(35)36-8)14-12-30(7)23(18(31)16-26)20(33)15-22-28(5)17-19(32)24(34)27(3,4)21(28)9-10-29(22,30)6/h15,17-18,21,23H,9-14,16H2,1-8H3/t18?,21?,23?,28?,29-,30-,31?/m1/s1. The first-order valence-corrected chi connectivity index (χ1v) is 14.6. The van der Waals surface area contributed by atoms with Gasteiger partial charge in [0.1, 0.15) is 0 Å². The predicted molar refractivity (Wildman–Crippen MR) is 144 cm³/mol. The van der Waals surface area contributed by atoms with E-state index in [2.05, 4.69) is 70.5 Å². The number of hydrogen-bond acceptors (Lipinski definition) is 4. The molecule has 0 N–H and O–H groups in total. The largest absolute Gasteiger partial charge is 0.469 e. The van der Waals surface area contributed by atoms with Crippen molar-refractivity contribution < 1.29 is 19.1 Å². The smallest absolute Gasteiger partial charge is 0.312 e. The van der Waals surface area contributed by atoms with Crippen LogP contribution in [0.3, 0.4) is 0 Å². The van der Waals surface area contributed by atoms with Crippen LogP contribution in [0.1, 0.15) is 93.4 Å². The van der Waals surface area contributed by atoms with Gasteiger partial charge in [0, 0.05) is 16.7 Å². The fourth-order valence-corrected chi connectivity index (χ4v) is 11.0. The van der Waals surface area contributed by atoms with Crippen LogP contribution in [0.4, 0.5) is 0 Å². The van der Waals surface area contributed by atoms with Crippen molar-refractivity contribution in [1.29, 1.82) is 0 Å². The molecule has 7 atom stereocenters. The first-order valence-electron chi connectivity index (χ1n) is 13.8. The van der Waals surface area contributed by atoms with Crippen LogP contribution in [0.15, 0.2) is 22.2 Å². The van der Waals surface area contributed by atoms with E-state index in [1.54, 1.807) is 0 Å². The summed E-state index contributed by atoms with van der Waals surface area (Å²) >= 11 is 3.60. The lowest BCUT2D eigenvalue weighted by Crippen LogP contribution is -2.65. The quantitative estimate of drug-likeness (QED) is 0.319. The summed E-state index contributed by atoms with van der Waals surface area (Å²) < 4.78 is 6.06. The van der Waals surface area contributed by atoms with Crippen LogP contribution in [-0.2, 0) is 19.1 Å². The van der Waals surface area contributed by atoms with E-state index in [1.165, 1.54) is 12.7 Å². The van der Waals surface area contributed by atoms with Gasteiger partial charge in [0.15, 0.2) is 11.6 Å². The molecule has 3 saturated carbocycles. The highest BCUT2D eigenvalue weighted by Gasteiger charge is 2.71. The third-order valence-electron chi connectivity index (χ3n) is 12.3. The van der Waals surface area contributed by atoms with Gasteiger partial charge >= 0.3 is 5.97 Å². The minimum Gasteiger partial charge on any atom is -0.469 e. The number of methoxy groups -OCH3 is 1. The molecule has 5 unspecified atom stereocenters. The lowest BCUT2D eigenvalue weighted by atomic mass is 9.34. The Kier molecular flexibility index (Phi) is 5.62. The summed E-state index contributed by atoms with van der Waals surface area (Å²) in [7, 11) is 1.50. The van der Waals surface area contributed by atoms with Crippen LogP contribution in [0.25, 0.3) is 0 Å². The second kappa shape index (κ2) is 7.67. The van der Waals surface area contributed by atoms with E-state index in [0.29, 0.717) is 4.48 Å². The molecule has 3 fully saturated rings. The highest BCUT2D eigenvalue weighted by Crippen LogP contribution is 2.74. The monoisotopic (exact) mass is 558 g/mol. The molecule has 0 aromatic rings. The van der Waals surface area contributed by atoms with E-state index < -0.39 is 10.8 Å². The Morgan fingerprint density at radius 2 is 1.61 bits per heavy atom. The van der Waals surface area contributed by atoms with E-state index in [4.69, 9.17) is 4.74 Å². The summed E-state index contributed by atoms with van der Waals surface area (Å²) in [4.78, 5) is 40.9. The number of hydrogen-bond donors (Lipinski definition) is 0. The normalized spacial score (nSPS) is 46.9. The number of Topliss-reactive ketones (excluding diaryl/α,β-unsaturated/α-hetero) is 1. The number of rotatable bonds is 1. The van der Waals surface area contributed by atoms with E-state index in [1.807, 2.05) is 6.08 Å². The maximum Gasteiger partial charge on any atom is 0.312 e. The summed E-state index contributed by atoms with van der Waals surface area (Å²) in [5, 5.41) is 0. The highest BCUT2D eigenvalue weighted by molar-refractivity contribution is 9.12. The number of carbonyl (C=O) groups excluding carboxylic acids is 3. The van der Waals surface area contributed by atoms with Crippen LogP contribution in [0, 0.1) is 50.2 Å². The summed E-state index contributed by atoms with van der Waals surface area (Å²) in [6, 6.07) is 0. The molecule has 0 amide bonds. The van der Waals surface area contributed by atoms with Crippen molar-refractivity contribution in [3.63, 3.8) is 0 Å². The first kappa shape index (κ1) is 26.4. The van der Waals surface area contributed by atoms with Crippen LogP contribution in [0.2, 0.25) is 0 Å². The molecule has 0 bridgehead atoms. The van der Waals surface area contributed by atoms with Crippen LogP contribution < -0.4 is 0 Å². The van der Waals surface area contributed by atoms with Crippen molar-refractivity contribution >= 4 is 33.5 Å². The van der Waals surface area contributed by atoms with Gasteiger partial charge in [-0.1, -0.05) is 60.1 Å². The maximum atomic E-state index is 14.3. The molecule has 0 aliphatic heterocycles. The van der Waals surface area contributed by atoms with Gasteiger partial charge in [0.25, 0.3) is 0 Å². The molecule has 4 nitrogen and oxygen atoms in total. The number of fused-ring (bicyclic) bond motifs is 7. The number of ketones is 2. The summed E-state index contributed by atoms with van der Waals surface area (Å²) in [6.45, 7) is 15.7. The van der Waals surface area contributed by atoms with Gasteiger partial charge in [-0.2, -0.15) is 0 Å². The fourth-order valence-electron chi connectivity index (χ4n) is 10.0. The zero-order valence-corrected chi connectivity index (χ0v) is 24.9. The molecule has 0 radical (unpaired) electrons. The average molecular weight is 560 g/mol. The van der Waals surface area contributed by atoms with Gasteiger partial charge in [-0.25, -0.2) is 0 Å². The van der Waals surface area contributed by atoms with Crippen molar-refractivity contribution in [2.75, 3.05) is 7.11 Å². The Balaban J connectivity index is 1.69. The summed E-state index contributed by atoms with van der Waals surface area (Å²) in [5.41, 5.74) is -0.551. The lowest BCUT2D eigenvalue weighted by Gasteiger charge is -2.68. The number of esters is 1. The van der Waals surface area contributed by atoms with Crippen molar-refractivity contribution in [1.82, 2.24) is 0 Å². The maximum absolute atomic E-state index is 14.3. The minimum absolute atomic E-state index is 0.00763. The zero-order valence-electron chi connectivity index (χ0n) is 23.3. The van der Waals surface area contributed by atoms with Gasteiger partial charge in [-0.05, 0) is 95.0 Å². The van der Waals surface area contributed by atoms with Gasteiger partial charge in [0.05, 0.1) is 17.0 Å². The van der Waals surface area contributed by atoms with Crippen LogP contribution in [0.5, 0.6) is 0 Å². The Bertz CT molecular complexity index is 1110. The molecule has 5 heteroatoms. The summed E-state index contributed by atoms with van der Waals surface area (Å²) in [5.74, 6) is 0.175. The third-order valence-corrected chi connectivity index (χ3v) is 12.9. The van der Waals surface area contributed by atoms with Gasteiger partial charge in [-0.15, -0.1) is 0 Å². The molecule has 0 heterocycles. The lowest BCUT2D eigenvalue weighted by molar-refractivity contribution is -0.191. The van der Waals surface area contributed by atoms with Crippen molar-refractivity contribution in [2.45, 2.75) is 93.4 Å². The molecule has 5 aliphatic rings. The van der Waals surface area contributed by atoms with Crippen molar-refractivity contribution in [2.24, 2.45) is 50.2 Å². The van der Waals surface area contributed by atoms with Gasteiger partial charge in [-0.3, -0.25) is 14.4 Å². The SMILES string of the molecule is COC(=O)C12CCC(C)(C)CC1C1C(=O)C=C3C4(C)C=C(Br)C(=O)C(C)(C)C4CC[C@@]3(C)[C@]1(C)CC2. The number of carbonyl (C=O) groups is 3. The Labute approximate surface area is 225 Å². The number of allylic oxidation sites excluding steroid dienone is 4. The fraction of sp³-hybridized carbons (Fsp3) is 0.774. The highest BCUT2D eigenvalue weighted by atomic mass is 79.9.